The van der Waals surface area contributed by atoms with Gasteiger partial charge in [0.05, 0.1) is 5.25 Å². The average Bonchev–Trinajstić information content (AvgIpc) is 3.00. The topological polar surface area (TPSA) is 105 Å². The van der Waals surface area contributed by atoms with Crippen LogP contribution in [0.4, 0.5) is 0 Å². The lowest BCUT2D eigenvalue weighted by molar-refractivity contribution is 0.00365. The molecule has 1 aromatic rings. The number of hydrogen-bond donors (Lipinski definition) is 0. The molecule has 0 spiro atoms. The molecule has 1 fully saturated rings. The maximum Gasteiger partial charge on any atom is 0.496 e. The molecule has 24 heavy (non-hydrogen) atoms. The van der Waals surface area contributed by atoms with Crippen molar-refractivity contribution in [3.05, 3.63) is 47.0 Å². The summed E-state index contributed by atoms with van der Waals surface area (Å²) in [6.07, 6.45) is 6.26. The second-order valence-electron chi connectivity index (χ2n) is 6.12. The normalized spacial score (nSPS) is 21.2. The quantitative estimate of drug-likeness (QED) is 0.347. The summed E-state index contributed by atoms with van der Waals surface area (Å²) >= 11 is 0. The van der Waals surface area contributed by atoms with Gasteiger partial charge in [-0.1, -0.05) is 55.7 Å². The Hall–Kier alpha value is -1.76. The zero-order valence-electron chi connectivity index (χ0n) is 13.0. The van der Waals surface area contributed by atoms with Gasteiger partial charge in [0.15, 0.2) is 0 Å². The van der Waals surface area contributed by atoms with Crippen molar-refractivity contribution in [2.75, 3.05) is 0 Å². The highest BCUT2D eigenvalue weighted by Gasteiger charge is 2.50. The lowest BCUT2D eigenvalue weighted by Gasteiger charge is -2.20. The first-order chi connectivity index (χ1) is 11.4. The van der Waals surface area contributed by atoms with Crippen molar-refractivity contribution in [2.24, 2.45) is 0 Å². The van der Waals surface area contributed by atoms with Crippen molar-refractivity contribution in [1.29, 1.82) is 0 Å². The van der Waals surface area contributed by atoms with Gasteiger partial charge in [-0.15, -0.1) is 4.79 Å². The Morgan fingerprint density at radius 3 is 2.33 bits per heavy atom. The lowest BCUT2D eigenvalue weighted by Crippen LogP contribution is -2.37. The minimum Gasteiger partial charge on any atom is -0.359 e. The average molecular weight is 366 g/mol. The lowest BCUT2D eigenvalue weighted by atomic mass is 10.0. The first kappa shape index (κ1) is 17.1. The molecule has 0 bridgehead atoms. The first-order valence-electron chi connectivity index (χ1n) is 7.86. The van der Waals surface area contributed by atoms with Crippen LogP contribution in [-0.2, 0) is 19.7 Å². The van der Waals surface area contributed by atoms with E-state index < -0.39 is 34.6 Å². The van der Waals surface area contributed by atoms with Crippen LogP contribution in [0.5, 0.6) is 0 Å². The summed E-state index contributed by atoms with van der Waals surface area (Å²) in [5, 5.41) is -1.94. The van der Waals surface area contributed by atoms with Crippen molar-refractivity contribution in [1.82, 2.24) is 0 Å². The summed E-state index contributed by atoms with van der Waals surface area (Å²) in [5.74, 6) is 0. The number of sulfone groups is 2. The molecule has 0 heterocycles. The van der Waals surface area contributed by atoms with E-state index >= 15 is 0 Å². The van der Waals surface area contributed by atoms with Gasteiger partial charge in [-0.05, 0) is 24.0 Å². The van der Waals surface area contributed by atoms with Crippen molar-refractivity contribution < 1.29 is 21.6 Å². The number of nitrogens with zero attached hydrogens (tertiary/aromatic N) is 2. The summed E-state index contributed by atoms with van der Waals surface area (Å²) in [5.41, 5.74) is 10.5. The molecule has 0 saturated heterocycles. The Morgan fingerprint density at radius 2 is 1.67 bits per heavy atom. The van der Waals surface area contributed by atoms with E-state index in [0.717, 1.165) is 24.8 Å². The zero-order valence-corrected chi connectivity index (χ0v) is 14.6. The van der Waals surface area contributed by atoms with E-state index in [4.69, 9.17) is 0 Å². The third-order valence-electron chi connectivity index (χ3n) is 4.65. The highest BCUT2D eigenvalue weighted by Crippen LogP contribution is 2.36. The van der Waals surface area contributed by atoms with Gasteiger partial charge >= 0.3 is 4.38 Å². The van der Waals surface area contributed by atoms with Crippen LogP contribution in [0.25, 0.3) is 11.6 Å². The summed E-state index contributed by atoms with van der Waals surface area (Å²) in [4.78, 5) is 2.73. The molecule has 2 aliphatic carbocycles. The molecule has 1 atom stereocenters. The van der Waals surface area contributed by atoms with E-state index in [1.807, 2.05) is 0 Å². The summed E-state index contributed by atoms with van der Waals surface area (Å²) in [7, 11) is -8.54. The number of fused-ring (bicyclic) bond motifs is 1. The molecule has 8 heteroatoms. The van der Waals surface area contributed by atoms with E-state index in [9.17, 15) is 22.4 Å². The van der Waals surface area contributed by atoms with Gasteiger partial charge in [-0.25, -0.2) is 16.8 Å². The minimum absolute atomic E-state index is 0.397. The summed E-state index contributed by atoms with van der Waals surface area (Å²) in [6, 6.07) is 6.87. The van der Waals surface area contributed by atoms with Crippen LogP contribution in [0.2, 0.25) is 0 Å². The van der Waals surface area contributed by atoms with Crippen LogP contribution in [-0.4, -0.2) is 31.3 Å². The van der Waals surface area contributed by atoms with Gasteiger partial charge in [0.2, 0.25) is 0 Å². The molecule has 1 unspecified atom stereocenters. The Balaban J connectivity index is 2.03. The van der Waals surface area contributed by atoms with E-state index in [0.29, 0.717) is 18.4 Å². The molecule has 0 aromatic heterocycles. The molecular weight excluding hydrogens is 348 g/mol. The molecule has 0 radical (unpaired) electrons. The molecule has 2 aliphatic rings. The van der Waals surface area contributed by atoms with Crippen LogP contribution in [0.1, 0.15) is 48.5 Å². The highest BCUT2D eigenvalue weighted by molar-refractivity contribution is 8.31. The van der Waals surface area contributed by atoms with E-state index in [1.165, 1.54) is 6.08 Å². The van der Waals surface area contributed by atoms with E-state index in [2.05, 4.69) is 4.79 Å². The Kier molecular flexibility index (Phi) is 4.46. The molecule has 0 amide bonds. The molecule has 3 rings (SSSR count). The van der Waals surface area contributed by atoms with Crippen molar-refractivity contribution >= 4 is 30.1 Å². The Morgan fingerprint density at radius 1 is 1.00 bits per heavy atom. The second kappa shape index (κ2) is 6.27. The minimum atomic E-state index is -4.35. The van der Waals surface area contributed by atoms with Gasteiger partial charge in [0.1, 0.15) is 5.25 Å². The Labute approximate surface area is 141 Å². The molecule has 6 nitrogen and oxygen atoms in total. The largest absolute Gasteiger partial charge is 0.496 e. The summed E-state index contributed by atoms with van der Waals surface area (Å²) < 4.78 is 50.2. The standard InChI is InChI=1S/C16H18N2O4S2/c17-18-16(23(19,20)13-7-2-1-3-8-13)24(21,22)15-11-10-12-6-4-5-9-14(12)15/h4-6,9-11,13,15H,1-3,7-8H2. The molecule has 1 saturated carbocycles. The monoisotopic (exact) mass is 366 g/mol. The van der Waals surface area contributed by atoms with E-state index in [1.54, 1.807) is 30.3 Å². The van der Waals surface area contributed by atoms with Crippen LogP contribution in [0.15, 0.2) is 30.3 Å². The number of benzene rings is 1. The molecular formula is C16H18N2O4S2. The zero-order chi connectivity index (χ0) is 17.4. The van der Waals surface area contributed by atoms with Crippen molar-refractivity contribution in [3.63, 3.8) is 0 Å². The third-order valence-corrected chi connectivity index (χ3v) is 9.61. The predicted octanol–water partition coefficient (Wildman–Crippen LogP) is 2.50. The van der Waals surface area contributed by atoms with Gasteiger partial charge in [-0.3, -0.25) is 0 Å². The van der Waals surface area contributed by atoms with E-state index in [-0.39, 0.29) is 0 Å². The maximum atomic E-state index is 12.9. The molecule has 0 N–H and O–H groups in total. The Bertz CT molecular complexity index is 936. The highest BCUT2D eigenvalue weighted by atomic mass is 32.3. The molecule has 0 aliphatic heterocycles. The first-order valence-corrected chi connectivity index (χ1v) is 11.0. The smallest absolute Gasteiger partial charge is 0.359 e. The number of rotatable bonds is 2. The fourth-order valence-electron chi connectivity index (χ4n) is 3.39. The molecule has 1 aromatic carbocycles. The van der Waals surface area contributed by atoms with Crippen molar-refractivity contribution in [2.45, 2.75) is 42.6 Å². The second-order valence-corrected chi connectivity index (χ2v) is 10.5. The third kappa shape index (κ3) is 2.75. The van der Waals surface area contributed by atoms with Gasteiger partial charge in [0.25, 0.3) is 19.7 Å². The molecule has 128 valence electrons. The van der Waals surface area contributed by atoms with Crippen LogP contribution in [0, 0.1) is 0 Å². The SMILES string of the molecule is [N-]=[N+]=C(S(=O)(=O)C1CCCCC1)S(=O)(=O)C1C=Cc2ccccc21. The van der Waals surface area contributed by atoms with Crippen LogP contribution >= 0.6 is 0 Å². The predicted molar refractivity (Wildman–Crippen MR) is 91.6 cm³/mol. The fourth-order valence-corrected chi connectivity index (χ4v) is 7.92. The fraction of sp³-hybridized carbons (Fsp3) is 0.438. The van der Waals surface area contributed by atoms with Gasteiger partial charge in [0, 0.05) is 0 Å². The van der Waals surface area contributed by atoms with Gasteiger partial charge < -0.3 is 5.53 Å². The summed E-state index contributed by atoms with van der Waals surface area (Å²) in [6.45, 7) is 0. The van der Waals surface area contributed by atoms with Gasteiger partial charge in [-0.2, -0.15) is 0 Å². The maximum absolute atomic E-state index is 12.9. The van der Waals surface area contributed by atoms with Crippen LogP contribution < -0.4 is 0 Å². The van der Waals surface area contributed by atoms with Crippen molar-refractivity contribution in [3.8, 4) is 0 Å². The van der Waals surface area contributed by atoms with Crippen LogP contribution in [0.3, 0.4) is 0 Å². The number of hydrogen-bond acceptors (Lipinski definition) is 4.